The van der Waals surface area contributed by atoms with Crippen LogP contribution < -0.4 is 0 Å². The van der Waals surface area contributed by atoms with E-state index in [4.69, 9.17) is 37.0 Å². The number of carbonyl (C=O) groups is 4. The molecular formula is C78H152O17P2. The van der Waals surface area contributed by atoms with Gasteiger partial charge in [0.1, 0.15) is 19.3 Å². The molecule has 0 saturated carbocycles. The van der Waals surface area contributed by atoms with Crippen molar-refractivity contribution in [2.45, 2.75) is 420 Å². The fraction of sp³-hybridized carbons (Fsp3) is 0.949. The van der Waals surface area contributed by atoms with E-state index in [9.17, 15) is 43.2 Å². The lowest BCUT2D eigenvalue weighted by Crippen LogP contribution is -2.30. The maximum atomic E-state index is 13.1. The van der Waals surface area contributed by atoms with E-state index in [1.807, 2.05) is 0 Å². The average molecular weight is 1420 g/mol. The monoisotopic (exact) mass is 1420 g/mol. The van der Waals surface area contributed by atoms with E-state index < -0.39 is 97.5 Å². The molecule has 0 aliphatic heterocycles. The van der Waals surface area contributed by atoms with Gasteiger partial charge in [0.05, 0.1) is 26.4 Å². The van der Waals surface area contributed by atoms with Gasteiger partial charge in [-0.05, 0) is 43.4 Å². The molecule has 0 radical (unpaired) electrons. The lowest BCUT2D eigenvalue weighted by atomic mass is 9.99. The van der Waals surface area contributed by atoms with Crippen molar-refractivity contribution >= 4 is 39.5 Å². The quantitative estimate of drug-likeness (QED) is 0.0222. The summed E-state index contributed by atoms with van der Waals surface area (Å²) in [5, 5.41) is 10.6. The number of aliphatic hydroxyl groups excluding tert-OH is 1. The molecule has 17 nitrogen and oxygen atoms in total. The number of phosphoric acid groups is 2. The first kappa shape index (κ1) is 95.1. The standard InChI is InChI=1S/C78H152O17P2/c1-8-11-12-13-14-15-16-17-18-19-20-21-22-23-24-25-26-27-28-40-47-54-61-77(82)94-73(65-89-76(81)60-53-46-39-33-30-36-43-50-57-70(6)9-2)67-92-96(84,85)90-63-72(79)64-91-97(86,87)93-68-74(66-88-75(80)59-52-45-38-32-29-35-42-49-56-69(4)5)95-78(83)62-55-48-41-34-31-37-44-51-58-71(7)10-3/h69-74,79H,8-68H2,1-7H3,(H,84,85)(H,86,87)/t70?,71?,72-,73-,74-/m1/s1. The highest BCUT2D eigenvalue weighted by Gasteiger charge is 2.30. The predicted molar refractivity (Wildman–Crippen MR) is 395 cm³/mol. The molecule has 0 saturated heterocycles. The SMILES string of the molecule is CCCCCCCCCCCCCCCCCCCCCCCCC(=O)O[C@H](COC(=O)CCCCCCCCCCC(C)CC)COP(=O)(O)OC[C@@H](O)COP(=O)(O)OC[C@@H](COC(=O)CCCCCCCCCCC(C)C)OC(=O)CCCCCCCCCCC(C)CC. The molecule has 0 aliphatic rings. The number of rotatable bonds is 76. The van der Waals surface area contributed by atoms with Crippen LogP contribution in [0.4, 0.5) is 0 Å². The molecule has 3 N–H and O–H groups in total. The van der Waals surface area contributed by atoms with Crippen LogP contribution in [0.25, 0.3) is 0 Å². The van der Waals surface area contributed by atoms with Crippen LogP contribution in [-0.2, 0) is 65.4 Å². The summed E-state index contributed by atoms with van der Waals surface area (Å²) >= 11 is 0. The molecule has 0 aromatic rings. The highest BCUT2D eigenvalue weighted by molar-refractivity contribution is 7.47. The number of esters is 4. The Balaban J connectivity index is 5.20. The average Bonchev–Trinajstić information content (AvgIpc) is 1.12. The molecule has 7 atom stereocenters. The van der Waals surface area contributed by atoms with Gasteiger partial charge in [-0.25, -0.2) is 9.13 Å². The second-order valence-corrected chi connectivity index (χ2v) is 32.0. The molecule has 0 bridgehead atoms. The number of hydrogen-bond donors (Lipinski definition) is 3. The van der Waals surface area contributed by atoms with Gasteiger partial charge in [-0.3, -0.25) is 37.3 Å². The number of carbonyl (C=O) groups excluding carboxylic acids is 4. The van der Waals surface area contributed by atoms with Gasteiger partial charge in [0.2, 0.25) is 0 Å². The molecule has 0 fully saturated rings. The molecule has 0 spiro atoms. The zero-order chi connectivity index (χ0) is 71.6. The van der Waals surface area contributed by atoms with Gasteiger partial charge < -0.3 is 33.8 Å². The first-order valence-corrected chi connectivity index (χ1v) is 43.4. The second-order valence-electron chi connectivity index (χ2n) is 29.1. The summed E-state index contributed by atoms with van der Waals surface area (Å²) in [6.07, 6.45) is 55.6. The molecule has 19 heteroatoms. The number of hydrogen-bond acceptors (Lipinski definition) is 15. The van der Waals surface area contributed by atoms with Crippen LogP contribution in [0.15, 0.2) is 0 Å². The Labute approximate surface area is 594 Å². The molecular weight excluding hydrogens is 1270 g/mol. The summed E-state index contributed by atoms with van der Waals surface area (Å²) in [6, 6.07) is 0. The number of aliphatic hydroxyl groups is 1. The van der Waals surface area contributed by atoms with E-state index in [0.717, 1.165) is 108 Å². The zero-order valence-corrected chi connectivity index (χ0v) is 65.3. The van der Waals surface area contributed by atoms with Crippen LogP contribution in [0.2, 0.25) is 0 Å². The van der Waals surface area contributed by atoms with E-state index in [-0.39, 0.29) is 25.7 Å². The summed E-state index contributed by atoms with van der Waals surface area (Å²) in [4.78, 5) is 72.8. The molecule has 0 heterocycles. The zero-order valence-electron chi connectivity index (χ0n) is 63.5. The molecule has 0 amide bonds. The molecule has 0 aromatic heterocycles. The maximum Gasteiger partial charge on any atom is 0.472 e. The third-order valence-electron chi connectivity index (χ3n) is 18.9. The normalized spacial score (nSPS) is 14.6. The second kappa shape index (κ2) is 68.5. The molecule has 4 unspecified atom stereocenters. The third-order valence-corrected chi connectivity index (χ3v) is 20.8. The maximum absolute atomic E-state index is 13.1. The van der Waals surface area contributed by atoms with Gasteiger partial charge in [0.25, 0.3) is 0 Å². The summed E-state index contributed by atoms with van der Waals surface area (Å²) in [5.41, 5.74) is 0. The van der Waals surface area contributed by atoms with E-state index in [0.29, 0.717) is 25.7 Å². The van der Waals surface area contributed by atoms with Crippen molar-refractivity contribution in [1.82, 2.24) is 0 Å². The van der Waals surface area contributed by atoms with Crippen LogP contribution in [0.3, 0.4) is 0 Å². The minimum atomic E-state index is -4.96. The van der Waals surface area contributed by atoms with Crippen LogP contribution in [0.5, 0.6) is 0 Å². The van der Waals surface area contributed by atoms with Gasteiger partial charge in [0.15, 0.2) is 12.2 Å². The summed E-state index contributed by atoms with van der Waals surface area (Å²) in [7, 11) is -9.91. The molecule has 576 valence electrons. The smallest absolute Gasteiger partial charge is 0.462 e. The van der Waals surface area contributed by atoms with Crippen LogP contribution in [0, 0.1) is 17.8 Å². The number of phosphoric ester groups is 2. The highest BCUT2D eigenvalue weighted by atomic mass is 31.2. The van der Waals surface area contributed by atoms with Crippen molar-refractivity contribution in [1.29, 1.82) is 0 Å². The first-order valence-electron chi connectivity index (χ1n) is 40.4. The summed E-state index contributed by atoms with van der Waals surface area (Å²) in [5.74, 6) is 0.153. The molecule has 0 aromatic carbocycles. The number of unbranched alkanes of at least 4 members (excludes halogenated alkanes) is 42. The molecule has 0 aliphatic carbocycles. The van der Waals surface area contributed by atoms with Crippen LogP contribution in [0.1, 0.15) is 402 Å². The number of ether oxygens (including phenoxy) is 4. The largest absolute Gasteiger partial charge is 0.472 e. The summed E-state index contributed by atoms with van der Waals surface area (Å²) < 4.78 is 68.6. The summed E-state index contributed by atoms with van der Waals surface area (Å²) in [6.45, 7) is 11.9. The fourth-order valence-electron chi connectivity index (χ4n) is 11.9. The van der Waals surface area contributed by atoms with E-state index >= 15 is 0 Å². The van der Waals surface area contributed by atoms with E-state index in [1.54, 1.807) is 0 Å². The van der Waals surface area contributed by atoms with Crippen molar-refractivity contribution in [3.63, 3.8) is 0 Å². The Morgan fingerprint density at radius 3 is 0.784 bits per heavy atom. The Bertz CT molecular complexity index is 1890. The van der Waals surface area contributed by atoms with Gasteiger partial charge in [0, 0.05) is 25.7 Å². The van der Waals surface area contributed by atoms with Gasteiger partial charge >= 0.3 is 39.5 Å². The Kier molecular flexibility index (Phi) is 67.1. The lowest BCUT2D eigenvalue weighted by molar-refractivity contribution is -0.161. The van der Waals surface area contributed by atoms with Crippen molar-refractivity contribution in [2.24, 2.45) is 17.8 Å². The van der Waals surface area contributed by atoms with Gasteiger partial charge in [-0.1, -0.05) is 350 Å². The predicted octanol–water partition coefficient (Wildman–Crippen LogP) is 23.0. The fourth-order valence-corrected chi connectivity index (χ4v) is 13.5. The Hall–Kier alpha value is -1.94. The van der Waals surface area contributed by atoms with Crippen molar-refractivity contribution < 1.29 is 80.2 Å². The topological polar surface area (TPSA) is 237 Å². The Morgan fingerprint density at radius 1 is 0.299 bits per heavy atom. The minimum Gasteiger partial charge on any atom is -0.462 e. The lowest BCUT2D eigenvalue weighted by Gasteiger charge is -2.21. The first-order chi connectivity index (χ1) is 46.8. The van der Waals surface area contributed by atoms with Crippen LogP contribution in [-0.4, -0.2) is 96.7 Å². The van der Waals surface area contributed by atoms with Gasteiger partial charge in [-0.15, -0.1) is 0 Å². The third kappa shape index (κ3) is 69.5. The highest BCUT2D eigenvalue weighted by Crippen LogP contribution is 2.45. The Morgan fingerprint density at radius 2 is 0.526 bits per heavy atom. The van der Waals surface area contributed by atoms with E-state index in [1.165, 1.54) is 212 Å². The molecule has 97 heavy (non-hydrogen) atoms. The van der Waals surface area contributed by atoms with Gasteiger partial charge in [-0.2, -0.15) is 0 Å². The van der Waals surface area contributed by atoms with Crippen molar-refractivity contribution in [3.8, 4) is 0 Å². The van der Waals surface area contributed by atoms with Crippen molar-refractivity contribution in [2.75, 3.05) is 39.6 Å². The molecule has 0 rings (SSSR count). The van der Waals surface area contributed by atoms with Crippen molar-refractivity contribution in [3.05, 3.63) is 0 Å². The van der Waals surface area contributed by atoms with Crippen LogP contribution >= 0.6 is 15.6 Å². The minimum absolute atomic E-state index is 0.104. The van der Waals surface area contributed by atoms with E-state index in [2.05, 4.69) is 48.5 Å².